The summed E-state index contributed by atoms with van der Waals surface area (Å²) in [6, 6.07) is 3.75. The lowest BCUT2D eigenvalue weighted by atomic mass is 10.2. The zero-order chi connectivity index (χ0) is 14.1. The minimum absolute atomic E-state index is 0.204. The summed E-state index contributed by atoms with van der Waals surface area (Å²) in [5.41, 5.74) is 7.76. The maximum atomic E-state index is 6.17. The van der Waals surface area contributed by atoms with Crippen LogP contribution in [0.3, 0.4) is 0 Å². The van der Waals surface area contributed by atoms with Gasteiger partial charge in [0.15, 0.2) is 17.3 Å². The third-order valence-electron chi connectivity index (χ3n) is 3.17. The molecule has 20 heavy (non-hydrogen) atoms. The van der Waals surface area contributed by atoms with Crippen molar-refractivity contribution < 1.29 is 9.47 Å². The largest absolute Gasteiger partial charge is 0.454 e. The number of aromatic nitrogens is 3. The number of hydrogen-bond acceptors (Lipinski definition) is 5. The fraction of sp³-hybridized carbons (Fsp3) is 0.385. The molecule has 0 bridgehead atoms. The van der Waals surface area contributed by atoms with Crippen LogP contribution in [0.1, 0.15) is 24.6 Å². The number of nitrogen functional groups attached to an aromatic ring is 1. The molecule has 1 aromatic heterocycles. The van der Waals surface area contributed by atoms with Crippen molar-refractivity contribution in [2.24, 2.45) is 0 Å². The van der Waals surface area contributed by atoms with E-state index < -0.39 is 0 Å². The van der Waals surface area contributed by atoms with E-state index in [1.54, 1.807) is 4.68 Å². The van der Waals surface area contributed by atoms with Crippen molar-refractivity contribution in [2.75, 3.05) is 12.5 Å². The van der Waals surface area contributed by atoms with Crippen molar-refractivity contribution in [2.45, 2.75) is 26.3 Å². The maximum Gasteiger partial charge on any atom is 0.231 e. The van der Waals surface area contributed by atoms with Crippen LogP contribution in [0.5, 0.6) is 11.5 Å². The average Bonchev–Trinajstić information content (AvgIpc) is 3.01. The van der Waals surface area contributed by atoms with Crippen molar-refractivity contribution >= 4 is 17.4 Å². The van der Waals surface area contributed by atoms with Gasteiger partial charge in [0, 0.05) is 0 Å². The molecule has 0 unspecified atom stereocenters. The molecule has 1 aliphatic heterocycles. The van der Waals surface area contributed by atoms with Crippen LogP contribution in [0.25, 0.3) is 0 Å². The van der Waals surface area contributed by atoms with Crippen LogP contribution >= 0.6 is 11.6 Å². The number of fused-ring (bicyclic) bond motifs is 1. The van der Waals surface area contributed by atoms with Gasteiger partial charge in [-0.2, -0.15) is 0 Å². The van der Waals surface area contributed by atoms with Gasteiger partial charge in [0.05, 0.1) is 17.3 Å². The molecule has 0 atom stereocenters. The number of hydrogen-bond donors (Lipinski definition) is 1. The summed E-state index contributed by atoms with van der Waals surface area (Å²) < 4.78 is 12.5. The van der Waals surface area contributed by atoms with Gasteiger partial charge in [-0.3, -0.25) is 0 Å². The molecule has 1 aromatic carbocycles. The van der Waals surface area contributed by atoms with Gasteiger partial charge in [-0.1, -0.05) is 30.2 Å². The van der Waals surface area contributed by atoms with E-state index in [0.717, 1.165) is 24.1 Å². The molecule has 0 amide bonds. The molecule has 2 aromatic rings. The van der Waals surface area contributed by atoms with Crippen LogP contribution in [0.2, 0.25) is 5.02 Å². The van der Waals surface area contributed by atoms with Crippen molar-refractivity contribution in [1.29, 1.82) is 0 Å². The highest BCUT2D eigenvalue weighted by Crippen LogP contribution is 2.39. The van der Waals surface area contributed by atoms with Crippen LogP contribution < -0.4 is 15.2 Å². The number of halogens is 1. The van der Waals surface area contributed by atoms with E-state index in [9.17, 15) is 0 Å². The first-order valence-electron chi connectivity index (χ1n) is 6.45. The van der Waals surface area contributed by atoms with Crippen molar-refractivity contribution in [1.82, 2.24) is 15.0 Å². The van der Waals surface area contributed by atoms with Gasteiger partial charge >= 0.3 is 0 Å². The second-order valence-electron chi connectivity index (χ2n) is 4.64. The van der Waals surface area contributed by atoms with Gasteiger partial charge in [-0.15, -0.1) is 5.10 Å². The number of rotatable bonds is 4. The van der Waals surface area contributed by atoms with Gasteiger partial charge in [-0.25, -0.2) is 4.68 Å². The van der Waals surface area contributed by atoms with Gasteiger partial charge in [-0.05, 0) is 24.1 Å². The Hall–Kier alpha value is -1.95. The lowest BCUT2D eigenvalue weighted by molar-refractivity contribution is 0.174. The molecule has 0 radical (unpaired) electrons. The highest BCUT2D eigenvalue weighted by Gasteiger charge is 2.19. The number of anilines is 1. The molecule has 7 heteroatoms. The Balaban J connectivity index is 1.90. The minimum atomic E-state index is 0.204. The topological polar surface area (TPSA) is 75.2 Å². The highest BCUT2D eigenvalue weighted by molar-refractivity contribution is 6.32. The second-order valence-corrected chi connectivity index (χ2v) is 5.05. The lowest BCUT2D eigenvalue weighted by Gasteiger charge is -2.08. The molecule has 0 spiro atoms. The quantitative estimate of drug-likeness (QED) is 0.936. The zero-order valence-electron chi connectivity index (χ0n) is 11.1. The first-order chi connectivity index (χ1) is 9.69. The standard InChI is InChI=1S/C13H15ClN4O2/c1-2-3-10-13(15)16-17-18(10)6-8-4-9(14)12-11(5-8)19-7-20-12/h4-5H,2-3,6-7,15H2,1H3. The number of nitrogens with zero attached hydrogens (tertiary/aromatic N) is 3. The Morgan fingerprint density at radius 3 is 3.05 bits per heavy atom. The molecule has 0 saturated heterocycles. The van der Waals surface area contributed by atoms with E-state index in [4.69, 9.17) is 26.8 Å². The number of ether oxygens (including phenoxy) is 2. The Morgan fingerprint density at radius 1 is 1.40 bits per heavy atom. The fourth-order valence-corrected chi connectivity index (χ4v) is 2.54. The third kappa shape index (κ3) is 2.27. The van der Waals surface area contributed by atoms with Crippen molar-refractivity contribution in [3.63, 3.8) is 0 Å². The molecular formula is C13H15ClN4O2. The average molecular weight is 295 g/mol. The number of benzene rings is 1. The van der Waals surface area contributed by atoms with E-state index >= 15 is 0 Å². The minimum Gasteiger partial charge on any atom is -0.454 e. The first kappa shape index (κ1) is 13.1. The van der Waals surface area contributed by atoms with Crippen molar-refractivity contribution in [3.8, 4) is 11.5 Å². The maximum absolute atomic E-state index is 6.17. The molecule has 0 saturated carbocycles. The summed E-state index contributed by atoms with van der Waals surface area (Å²) in [5.74, 6) is 1.75. The Labute approximate surface area is 121 Å². The summed E-state index contributed by atoms with van der Waals surface area (Å²) in [6.45, 7) is 2.85. The van der Waals surface area contributed by atoms with Crippen LogP contribution in [0.15, 0.2) is 12.1 Å². The molecule has 1 aliphatic rings. The molecule has 106 valence electrons. The first-order valence-corrected chi connectivity index (χ1v) is 6.82. The van der Waals surface area contributed by atoms with E-state index in [1.165, 1.54) is 0 Å². The summed E-state index contributed by atoms with van der Waals surface area (Å²) in [7, 11) is 0. The van der Waals surface area contributed by atoms with Gasteiger partial charge < -0.3 is 15.2 Å². The van der Waals surface area contributed by atoms with Crippen LogP contribution in [-0.2, 0) is 13.0 Å². The Morgan fingerprint density at radius 2 is 2.25 bits per heavy atom. The second kappa shape index (κ2) is 5.20. The van der Waals surface area contributed by atoms with Gasteiger partial charge in [0.1, 0.15) is 0 Å². The molecular weight excluding hydrogens is 280 g/mol. The van der Waals surface area contributed by atoms with Gasteiger partial charge in [0.2, 0.25) is 6.79 Å². The predicted octanol–water partition coefficient (Wildman–Crippen LogP) is 2.24. The summed E-state index contributed by atoms with van der Waals surface area (Å²) >= 11 is 6.17. The highest BCUT2D eigenvalue weighted by atomic mass is 35.5. The molecule has 2 heterocycles. The molecule has 0 fully saturated rings. The predicted molar refractivity (Wildman–Crippen MR) is 75.1 cm³/mol. The summed E-state index contributed by atoms with van der Waals surface area (Å²) in [6.07, 6.45) is 1.83. The van der Waals surface area contributed by atoms with Crippen LogP contribution in [-0.4, -0.2) is 21.8 Å². The van der Waals surface area contributed by atoms with E-state index in [1.807, 2.05) is 12.1 Å². The molecule has 2 N–H and O–H groups in total. The monoisotopic (exact) mass is 294 g/mol. The van der Waals surface area contributed by atoms with E-state index in [2.05, 4.69) is 17.2 Å². The molecule has 0 aliphatic carbocycles. The normalized spacial score (nSPS) is 12.9. The molecule has 6 nitrogen and oxygen atoms in total. The third-order valence-corrected chi connectivity index (χ3v) is 3.45. The van der Waals surface area contributed by atoms with Crippen LogP contribution in [0, 0.1) is 0 Å². The fourth-order valence-electron chi connectivity index (χ4n) is 2.25. The number of nitrogens with two attached hydrogens (primary N) is 1. The van der Waals surface area contributed by atoms with E-state index in [-0.39, 0.29) is 6.79 Å². The van der Waals surface area contributed by atoms with E-state index in [0.29, 0.717) is 28.9 Å². The molecule has 3 rings (SSSR count). The van der Waals surface area contributed by atoms with Gasteiger partial charge in [0.25, 0.3) is 0 Å². The summed E-state index contributed by atoms with van der Waals surface area (Å²) in [5, 5.41) is 8.55. The van der Waals surface area contributed by atoms with Crippen LogP contribution in [0.4, 0.5) is 5.82 Å². The Kier molecular flexibility index (Phi) is 3.40. The smallest absolute Gasteiger partial charge is 0.231 e. The lowest BCUT2D eigenvalue weighted by Crippen LogP contribution is -2.07. The Bertz CT molecular complexity index is 642. The summed E-state index contributed by atoms with van der Waals surface area (Å²) in [4.78, 5) is 0. The zero-order valence-corrected chi connectivity index (χ0v) is 11.9. The van der Waals surface area contributed by atoms with Crippen molar-refractivity contribution in [3.05, 3.63) is 28.4 Å². The SMILES string of the molecule is CCCc1c(N)nnn1Cc1cc(Cl)c2c(c1)OCO2.